The number of aryl methyl sites for hydroxylation is 2. The monoisotopic (exact) mass is 407 g/mol. The van der Waals surface area contributed by atoms with Crippen LogP contribution in [0.1, 0.15) is 18.1 Å². The first-order chi connectivity index (χ1) is 14.6. The number of hydrogen-bond donors (Lipinski definition) is 2. The van der Waals surface area contributed by atoms with Gasteiger partial charge in [0.25, 0.3) is 0 Å². The number of aromatic amines is 1. The van der Waals surface area contributed by atoms with Gasteiger partial charge in [0.1, 0.15) is 6.54 Å². The van der Waals surface area contributed by atoms with Gasteiger partial charge in [0.15, 0.2) is 5.96 Å². The summed E-state index contributed by atoms with van der Waals surface area (Å²) in [5, 5.41) is 8.77. The van der Waals surface area contributed by atoms with Crippen LogP contribution >= 0.6 is 0 Å². The molecule has 158 valence electrons. The summed E-state index contributed by atoms with van der Waals surface area (Å²) in [6.07, 6.45) is 6.53. The maximum atomic E-state index is 12.7. The van der Waals surface area contributed by atoms with E-state index in [9.17, 15) is 4.79 Å². The van der Waals surface area contributed by atoms with Gasteiger partial charge in [0.05, 0.1) is 11.9 Å². The molecule has 0 bridgehead atoms. The average Bonchev–Trinajstić information content (AvgIpc) is 3.34. The first kappa shape index (κ1) is 20.0. The first-order valence-electron chi connectivity index (χ1n) is 10.4. The Hall–Kier alpha value is -3.29. The van der Waals surface area contributed by atoms with E-state index in [1.54, 1.807) is 15.8 Å². The van der Waals surface area contributed by atoms with Crippen LogP contribution in [0.5, 0.6) is 0 Å². The Balaban J connectivity index is 1.42. The number of rotatable bonds is 5. The molecule has 30 heavy (non-hydrogen) atoms. The number of aliphatic imine (C=N–C) groups is 1. The van der Waals surface area contributed by atoms with Gasteiger partial charge < -0.3 is 20.1 Å². The second-order valence-electron chi connectivity index (χ2n) is 7.64. The number of para-hydroxylation sites is 1. The molecule has 3 heterocycles. The van der Waals surface area contributed by atoms with E-state index in [2.05, 4.69) is 46.7 Å². The van der Waals surface area contributed by atoms with E-state index < -0.39 is 0 Å². The molecule has 1 fully saturated rings. The summed E-state index contributed by atoms with van der Waals surface area (Å²) in [6, 6.07) is 6.36. The third-order valence-corrected chi connectivity index (χ3v) is 5.51. The Morgan fingerprint density at radius 2 is 2.20 bits per heavy atom. The number of carbonyl (C=O) groups excluding carboxylic acids is 1. The zero-order chi connectivity index (χ0) is 21.1. The van der Waals surface area contributed by atoms with Crippen LogP contribution in [-0.2, 0) is 18.3 Å². The molecule has 0 spiro atoms. The van der Waals surface area contributed by atoms with Crippen LogP contribution in [-0.4, -0.2) is 64.3 Å². The molecule has 8 nitrogen and oxygen atoms in total. The molecule has 1 aliphatic heterocycles. The highest BCUT2D eigenvalue weighted by Crippen LogP contribution is 2.21. The lowest BCUT2D eigenvalue weighted by Crippen LogP contribution is -2.55. The van der Waals surface area contributed by atoms with Crippen LogP contribution in [0.2, 0.25) is 0 Å². The minimum Gasteiger partial charge on any atom is -0.361 e. The van der Waals surface area contributed by atoms with Gasteiger partial charge in [0.2, 0.25) is 5.91 Å². The standard InChI is InChI=1S/C22H29N7O/c1-4-23-22(24-9-8-17-12-25-21-16(2)6-5-7-19(17)21)28-10-11-29(20(30)15-28)18-13-26-27(3)14-18/h5-7,12-14,25H,4,8-11,15H2,1-3H3,(H,23,24). The van der Waals surface area contributed by atoms with Crippen molar-refractivity contribution in [2.45, 2.75) is 20.3 Å². The largest absolute Gasteiger partial charge is 0.361 e. The van der Waals surface area contributed by atoms with Crippen molar-refractivity contribution in [3.05, 3.63) is 47.9 Å². The van der Waals surface area contributed by atoms with Crippen molar-refractivity contribution in [1.82, 2.24) is 25.0 Å². The predicted octanol–water partition coefficient (Wildman–Crippen LogP) is 2.07. The van der Waals surface area contributed by atoms with Gasteiger partial charge in [-0.1, -0.05) is 18.2 Å². The third kappa shape index (κ3) is 4.03. The van der Waals surface area contributed by atoms with Crippen LogP contribution in [0.4, 0.5) is 5.69 Å². The fourth-order valence-corrected chi connectivity index (χ4v) is 3.95. The van der Waals surface area contributed by atoms with Gasteiger partial charge >= 0.3 is 0 Å². The number of hydrogen-bond acceptors (Lipinski definition) is 3. The number of carbonyl (C=O) groups is 1. The van der Waals surface area contributed by atoms with E-state index in [1.165, 1.54) is 22.0 Å². The van der Waals surface area contributed by atoms with Crippen LogP contribution in [0, 0.1) is 6.92 Å². The minimum atomic E-state index is 0.0620. The Bertz CT molecular complexity index is 1060. The topological polar surface area (TPSA) is 81.6 Å². The van der Waals surface area contributed by atoms with E-state index in [-0.39, 0.29) is 5.91 Å². The number of nitrogens with zero attached hydrogens (tertiary/aromatic N) is 5. The lowest BCUT2D eigenvalue weighted by molar-refractivity contribution is -0.120. The number of fused-ring (bicyclic) bond motifs is 1. The quantitative estimate of drug-likeness (QED) is 0.501. The Kier molecular flexibility index (Phi) is 5.74. The molecule has 2 N–H and O–H groups in total. The van der Waals surface area contributed by atoms with E-state index in [0.717, 1.165) is 31.2 Å². The highest BCUT2D eigenvalue weighted by atomic mass is 16.2. The third-order valence-electron chi connectivity index (χ3n) is 5.51. The summed E-state index contributed by atoms with van der Waals surface area (Å²) in [6.45, 7) is 7.27. The molecule has 4 rings (SSSR count). The highest BCUT2D eigenvalue weighted by Gasteiger charge is 2.27. The summed E-state index contributed by atoms with van der Waals surface area (Å²) < 4.78 is 1.71. The summed E-state index contributed by atoms with van der Waals surface area (Å²) in [7, 11) is 1.86. The SMILES string of the molecule is CCNC(=NCCc1c[nH]c2c(C)cccc12)N1CCN(c2cnn(C)c2)C(=O)C1. The van der Waals surface area contributed by atoms with Crippen molar-refractivity contribution in [2.24, 2.45) is 12.0 Å². The minimum absolute atomic E-state index is 0.0620. The second kappa shape index (κ2) is 8.61. The summed E-state index contributed by atoms with van der Waals surface area (Å²) >= 11 is 0. The van der Waals surface area contributed by atoms with Crippen LogP contribution in [0.3, 0.4) is 0 Å². The van der Waals surface area contributed by atoms with Gasteiger partial charge in [-0.2, -0.15) is 5.10 Å². The summed E-state index contributed by atoms with van der Waals surface area (Å²) in [5.41, 5.74) is 4.56. The number of aromatic nitrogens is 3. The molecule has 0 aliphatic carbocycles. The van der Waals surface area contributed by atoms with E-state index >= 15 is 0 Å². The fourth-order valence-electron chi connectivity index (χ4n) is 3.95. The zero-order valence-corrected chi connectivity index (χ0v) is 17.9. The molecule has 1 aliphatic rings. The molecule has 1 amide bonds. The normalized spacial score (nSPS) is 15.3. The second-order valence-corrected chi connectivity index (χ2v) is 7.64. The highest BCUT2D eigenvalue weighted by molar-refractivity contribution is 5.98. The van der Waals surface area contributed by atoms with Crippen molar-refractivity contribution >= 4 is 28.5 Å². The lowest BCUT2D eigenvalue weighted by atomic mass is 10.1. The maximum Gasteiger partial charge on any atom is 0.246 e. The Morgan fingerprint density at radius 3 is 2.93 bits per heavy atom. The van der Waals surface area contributed by atoms with E-state index in [4.69, 9.17) is 4.99 Å². The van der Waals surface area contributed by atoms with Crippen molar-refractivity contribution in [3.63, 3.8) is 0 Å². The number of H-pyrrole nitrogens is 1. The van der Waals surface area contributed by atoms with Crippen molar-refractivity contribution < 1.29 is 4.79 Å². The Labute approximate surface area is 176 Å². The van der Waals surface area contributed by atoms with Crippen molar-refractivity contribution in [1.29, 1.82) is 0 Å². The molecule has 0 atom stereocenters. The first-order valence-corrected chi connectivity index (χ1v) is 10.4. The lowest BCUT2D eigenvalue weighted by Gasteiger charge is -2.35. The maximum absolute atomic E-state index is 12.7. The van der Waals surface area contributed by atoms with Gasteiger partial charge in [-0.3, -0.25) is 14.5 Å². The summed E-state index contributed by atoms with van der Waals surface area (Å²) in [4.78, 5) is 24.7. The van der Waals surface area contributed by atoms with Crippen LogP contribution in [0.15, 0.2) is 41.8 Å². The number of piperazine rings is 1. The molecular weight excluding hydrogens is 378 g/mol. The molecule has 3 aromatic rings. The van der Waals surface area contributed by atoms with Crippen LogP contribution in [0.25, 0.3) is 10.9 Å². The number of amides is 1. The van der Waals surface area contributed by atoms with Crippen molar-refractivity contribution in [2.75, 3.05) is 37.6 Å². The number of anilines is 1. The predicted molar refractivity (Wildman–Crippen MR) is 120 cm³/mol. The van der Waals surface area contributed by atoms with E-state index in [0.29, 0.717) is 19.6 Å². The molecule has 0 radical (unpaired) electrons. The number of guanidine groups is 1. The van der Waals surface area contributed by atoms with Crippen molar-refractivity contribution in [3.8, 4) is 0 Å². The average molecular weight is 408 g/mol. The molecule has 1 aromatic carbocycles. The Morgan fingerprint density at radius 1 is 1.33 bits per heavy atom. The fraction of sp³-hybridized carbons (Fsp3) is 0.409. The summed E-state index contributed by atoms with van der Waals surface area (Å²) in [5.74, 6) is 0.861. The molecule has 8 heteroatoms. The molecule has 0 unspecified atom stereocenters. The molecule has 0 saturated carbocycles. The van der Waals surface area contributed by atoms with Gasteiger partial charge in [-0.05, 0) is 31.4 Å². The van der Waals surface area contributed by atoms with Crippen LogP contribution < -0.4 is 10.2 Å². The number of nitrogens with one attached hydrogen (secondary N) is 2. The molecule has 1 saturated heterocycles. The van der Waals surface area contributed by atoms with E-state index in [1.807, 2.05) is 25.1 Å². The van der Waals surface area contributed by atoms with Gasteiger partial charge in [-0.15, -0.1) is 0 Å². The molecule has 2 aromatic heterocycles. The zero-order valence-electron chi connectivity index (χ0n) is 17.9. The smallest absolute Gasteiger partial charge is 0.246 e. The molecular formula is C22H29N7O. The van der Waals surface area contributed by atoms with Gasteiger partial charge in [-0.25, -0.2) is 0 Å². The number of benzene rings is 1. The van der Waals surface area contributed by atoms with Gasteiger partial charge in [0, 0.05) is 56.5 Å².